The molecule has 2 aromatic rings. The molecule has 0 fully saturated rings. The molecule has 2 unspecified atom stereocenters. The maximum atomic E-state index is 6.16. The van der Waals surface area contributed by atoms with Gasteiger partial charge >= 0.3 is 0 Å². The average Bonchev–Trinajstić information content (AvgIpc) is 2.95. The highest BCUT2D eigenvalue weighted by Crippen LogP contribution is 2.37. The van der Waals surface area contributed by atoms with Gasteiger partial charge in [-0.15, -0.1) is 10.2 Å². The quantitative estimate of drug-likeness (QED) is 0.879. The molecule has 0 saturated carbocycles. The van der Waals surface area contributed by atoms with Crippen LogP contribution in [0.2, 0.25) is 0 Å². The molecule has 0 saturated heterocycles. The second kappa shape index (κ2) is 6.23. The maximum absolute atomic E-state index is 6.16. The molecule has 6 heteroatoms. The minimum Gasteiger partial charge on any atom is -0.465 e. The first-order chi connectivity index (χ1) is 10.1. The van der Waals surface area contributed by atoms with Crippen LogP contribution in [0.1, 0.15) is 48.8 Å². The molecule has 0 aromatic carbocycles. The van der Waals surface area contributed by atoms with Crippen molar-refractivity contribution in [3.8, 4) is 0 Å². The van der Waals surface area contributed by atoms with Crippen LogP contribution in [0.25, 0.3) is 0 Å². The molecule has 0 amide bonds. The van der Waals surface area contributed by atoms with Crippen LogP contribution in [0.5, 0.6) is 0 Å². The van der Waals surface area contributed by atoms with Crippen molar-refractivity contribution in [2.24, 2.45) is 5.73 Å². The third-order valence-electron chi connectivity index (χ3n) is 3.83. The molecule has 3 heterocycles. The zero-order valence-electron chi connectivity index (χ0n) is 12.6. The summed E-state index contributed by atoms with van der Waals surface area (Å²) < 4.78 is 8.02. The molecule has 0 spiro atoms. The van der Waals surface area contributed by atoms with Gasteiger partial charge in [0.1, 0.15) is 17.3 Å². The Morgan fingerprint density at radius 2 is 2.14 bits per heavy atom. The molecular formula is C15H22N4OS. The van der Waals surface area contributed by atoms with Crippen LogP contribution in [-0.4, -0.2) is 20.8 Å². The lowest BCUT2D eigenvalue weighted by molar-refractivity contribution is 0.463. The van der Waals surface area contributed by atoms with E-state index in [-0.39, 0.29) is 11.3 Å². The Labute approximate surface area is 129 Å². The van der Waals surface area contributed by atoms with Gasteiger partial charge < -0.3 is 14.7 Å². The number of hydrogen-bond donors (Lipinski definition) is 1. The molecule has 21 heavy (non-hydrogen) atoms. The number of nitrogens with two attached hydrogens (primary N) is 1. The molecule has 0 radical (unpaired) electrons. The Morgan fingerprint density at radius 3 is 2.86 bits per heavy atom. The second-order valence-electron chi connectivity index (χ2n) is 5.71. The van der Waals surface area contributed by atoms with Gasteiger partial charge in [0.15, 0.2) is 5.16 Å². The zero-order chi connectivity index (χ0) is 14.8. The van der Waals surface area contributed by atoms with E-state index in [1.807, 2.05) is 26.0 Å². The van der Waals surface area contributed by atoms with Crippen molar-refractivity contribution in [3.05, 3.63) is 29.5 Å². The number of rotatable bonds is 4. The number of aromatic nitrogens is 3. The van der Waals surface area contributed by atoms with Crippen LogP contribution in [0.3, 0.4) is 0 Å². The summed E-state index contributed by atoms with van der Waals surface area (Å²) in [6.45, 7) is 4.97. The molecule has 2 aromatic heterocycles. The number of aryl methyl sites for hydroxylation is 2. The standard InChI is InChI=1S/C15H22N4OS/c1-10-7-8-12(20-10)14(11(2)16)21-15-18-17-13-6-4-3-5-9-19(13)15/h7-8,11,14H,3-6,9,16H2,1-2H3. The van der Waals surface area contributed by atoms with Gasteiger partial charge in [-0.1, -0.05) is 18.2 Å². The lowest BCUT2D eigenvalue weighted by Gasteiger charge is -2.18. The fourth-order valence-corrected chi connectivity index (χ4v) is 3.79. The van der Waals surface area contributed by atoms with Crippen LogP contribution >= 0.6 is 11.8 Å². The highest BCUT2D eigenvalue weighted by Gasteiger charge is 2.25. The Hall–Kier alpha value is -1.27. The Balaban J connectivity index is 1.85. The first-order valence-corrected chi connectivity index (χ1v) is 8.44. The summed E-state index contributed by atoms with van der Waals surface area (Å²) in [6.07, 6.45) is 4.69. The average molecular weight is 306 g/mol. The van der Waals surface area contributed by atoms with E-state index in [1.165, 1.54) is 19.3 Å². The van der Waals surface area contributed by atoms with Gasteiger partial charge in [0.2, 0.25) is 0 Å². The van der Waals surface area contributed by atoms with Crippen LogP contribution in [-0.2, 0) is 13.0 Å². The number of nitrogens with zero attached hydrogens (tertiary/aromatic N) is 3. The largest absolute Gasteiger partial charge is 0.465 e. The number of furan rings is 1. The molecule has 1 aliphatic rings. The van der Waals surface area contributed by atoms with Gasteiger partial charge in [-0.25, -0.2) is 0 Å². The van der Waals surface area contributed by atoms with E-state index in [0.29, 0.717) is 0 Å². The Bertz CT molecular complexity index is 605. The lowest BCUT2D eigenvalue weighted by Crippen LogP contribution is -2.22. The summed E-state index contributed by atoms with van der Waals surface area (Å²) in [5.41, 5.74) is 6.16. The monoisotopic (exact) mass is 306 g/mol. The van der Waals surface area contributed by atoms with Crippen LogP contribution < -0.4 is 5.73 Å². The Morgan fingerprint density at radius 1 is 1.29 bits per heavy atom. The molecule has 5 nitrogen and oxygen atoms in total. The van der Waals surface area contributed by atoms with E-state index < -0.39 is 0 Å². The summed E-state index contributed by atoms with van der Waals surface area (Å²) in [5.74, 6) is 2.93. The van der Waals surface area contributed by atoms with E-state index in [1.54, 1.807) is 11.8 Å². The van der Waals surface area contributed by atoms with Crippen molar-refractivity contribution in [2.45, 2.75) is 62.5 Å². The molecule has 3 rings (SSSR count). The summed E-state index contributed by atoms with van der Waals surface area (Å²) in [4.78, 5) is 0. The predicted molar refractivity (Wildman–Crippen MR) is 83.3 cm³/mol. The van der Waals surface area contributed by atoms with Crippen molar-refractivity contribution in [1.82, 2.24) is 14.8 Å². The van der Waals surface area contributed by atoms with Gasteiger partial charge in [0, 0.05) is 19.0 Å². The molecule has 114 valence electrons. The van der Waals surface area contributed by atoms with Crippen LogP contribution in [0.4, 0.5) is 0 Å². The number of hydrogen-bond acceptors (Lipinski definition) is 5. The van der Waals surface area contributed by atoms with Crippen LogP contribution in [0.15, 0.2) is 21.7 Å². The minimum absolute atomic E-state index is 0.0146. The fraction of sp³-hybridized carbons (Fsp3) is 0.600. The summed E-state index contributed by atoms with van der Waals surface area (Å²) >= 11 is 1.66. The summed E-state index contributed by atoms with van der Waals surface area (Å²) in [6, 6.07) is 3.98. The number of fused-ring (bicyclic) bond motifs is 1. The smallest absolute Gasteiger partial charge is 0.191 e. The van der Waals surface area contributed by atoms with E-state index in [0.717, 1.165) is 35.5 Å². The molecule has 0 aliphatic carbocycles. The van der Waals surface area contributed by atoms with Gasteiger partial charge in [-0.3, -0.25) is 0 Å². The molecule has 0 bridgehead atoms. The normalized spacial score (nSPS) is 18.0. The van der Waals surface area contributed by atoms with Gasteiger partial charge in [-0.2, -0.15) is 0 Å². The maximum Gasteiger partial charge on any atom is 0.191 e. The third-order valence-corrected chi connectivity index (χ3v) is 5.26. The topological polar surface area (TPSA) is 69.9 Å². The van der Waals surface area contributed by atoms with E-state index >= 15 is 0 Å². The highest BCUT2D eigenvalue weighted by atomic mass is 32.2. The second-order valence-corrected chi connectivity index (χ2v) is 6.82. The Kier molecular flexibility index (Phi) is 4.35. The van der Waals surface area contributed by atoms with Crippen molar-refractivity contribution >= 4 is 11.8 Å². The zero-order valence-corrected chi connectivity index (χ0v) is 13.4. The fourth-order valence-electron chi connectivity index (χ4n) is 2.69. The SMILES string of the molecule is Cc1ccc(C(Sc2nnc3n2CCCCC3)C(C)N)o1. The lowest BCUT2D eigenvalue weighted by atomic mass is 10.2. The van der Waals surface area contributed by atoms with Crippen molar-refractivity contribution in [1.29, 1.82) is 0 Å². The molecule has 1 aliphatic heterocycles. The molecular weight excluding hydrogens is 284 g/mol. The minimum atomic E-state index is -0.0146. The van der Waals surface area contributed by atoms with Gasteiger partial charge in [-0.05, 0) is 38.8 Å². The van der Waals surface area contributed by atoms with E-state index in [2.05, 4.69) is 14.8 Å². The molecule has 2 N–H and O–H groups in total. The van der Waals surface area contributed by atoms with Crippen LogP contribution in [0, 0.1) is 6.92 Å². The molecule has 2 atom stereocenters. The van der Waals surface area contributed by atoms with Crippen molar-refractivity contribution < 1.29 is 4.42 Å². The number of thioether (sulfide) groups is 1. The summed E-state index contributed by atoms with van der Waals surface area (Å²) in [7, 11) is 0. The van der Waals surface area contributed by atoms with E-state index in [4.69, 9.17) is 10.2 Å². The third kappa shape index (κ3) is 3.16. The van der Waals surface area contributed by atoms with Gasteiger partial charge in [0.05, 0.1) is 5.25 Å². The first-order valence-electron chi connectivity index (χ1n) is 7.56. The van der Waals surface area contributed by atoms with E-state index in [9.17, 15) is 0 Å². The van der Waals surface area contributed by atoms with Crippen molar-refractivity contribution in [3.63, 3.8) is 0 Å². The highest BCUT2D eigenvalue weighted by molar-refractivity contribution is 7.99. The first kappa shape index (κ1) is 14.7. The summed E-state index contributed by atoms with van der Waals surface area (Å²) in [5, 5.41) is 9.75. The van der Waals surface area contributed by atoms with Gasteiger partial charge in [0.25, 0.3) is 0 Å². The predicted octanol–water partition coefficient (Wildman–Crippen LogP) is 3.09. The van der Waals surface area contributed by atoms with Crippen molar-refractivity contribution in [2.75, 3.05) is 0 Å².